The van der Waals surface area contributed by atoms with E-state index >= 15 is 0 Å². The maximum atomic E-state index is 7.36. The summed E-state index contributed by atoms with van der Waals surface area (Å²) in [6.07, 6.45) is 9.43. The summed E-state index contributed by atoms with van der Waals surface area (Å²) in [5.41, 5.74) is 16.7. The Morgan fingerprint density at radius 3 is 2.07 bits per heavy atom. The SMILES string of the molecule is N=C(N)c1ccc(OCCCCNCCCCCCCCN=C(N)N)cc1. The summed E-state index contributed by atoms with van der Waals surface area (Å²) in [7, 11) is 0. The lowest BCUT2D eigenvalue weighted by Gasteiger charge is -2.08. The molecular formula is C20H36N6O. The first-order valence-electron chi connectivity index (χ1n) is 9.93. The molecule has 0 amide bonds. The average Bonchev–Trinajstić information content (AvgIpc) is 2.65. The monoisotopic (exact) mass is 376 g/mol. The molecule has 0 fully saturated rings. The van der Waals surface area contributed by atoms with Crippen LogP contribution in [0.4, 0.5) is 0 Å². The Balaban J connectivity index is 1.84. The van der Waals surface area contributed by atoms with Gasteiger partial charge in [0.2, 0.25) is 0 Å². The third-order valence-corrected chi connectivity index (χ3v) is 4.24. The number of nitrogens with two attached hydrogens (primary N) is 3. The van der Waals surface area contributed by atoms with Crippen LogP contribution < -0.4 is 27.3 Å². The molecule has 0 atom stereocenters. The molecule has 0 aromatic heterocycles. The van der Waals surface area contributed by atoms with Crippen LogP contribution in [-0.2, 0) is 0 Å². The molecule has 152 valence electrons. The van der Waals surface area contributed by atoms with Crippen LogP contribution in [0, 0.1) is 5.41 Å². The van der Waals surface area contributed by atoms with Crippen molar-refractivity contribution in [3.05, 3.63) is 29.8 Å². The minimum atomic E-state index is 0.0791. The highest BCUT2D eigenvalue weighted by molar-refractivity contribution is 5.94. The Morgan fingerprint density at radius 2 is 1.44 bits per heavy atom. The molecule has 7 nitrogen and oxygen atoms in total. The quantitative estimate of drug-likeness (QED) is 0.171. The first-order chi connectivity index (χ1) is 13.1. The van der Waals surface area contributed by atoms with Gasteiger partial charge in [0.15, 0.2) is 5.96 Å². The molecule has 1 rings (SSSR count). The van der Waals surface area contributed by atoms with Crippen molar-refractivity contribution in [2.24, 2.45) is 22.2 Å². The van der Waals surface area contributed by atoms with Gasteiger partial charge in [-0.1, -0.05) is 25.7 Å². The van der Waals surface area contributed by atoms with Crippen LogP contribution in [-0.4, -0.2) is 38.0 Å². The molecule has 0 saturated heterocycles. The van der Waals surface area contributed by atoms with E-state index in [1.54, 1.807) is 0 Å². The van der Waals surface area contributed by atoms with Crippen molar-refractivity contribution in [3.8, 4) is 5.75 Å². The second-order valence-electron chi connectivity index (χ2n) is 6.67. The Morgan fingerprint density at radius 1 is 0.852 bits per heavy atom. The van der Waals surface area contributed by atoms with Gasteiger partial charge < -0.3 is 27.3 Å². The van der Waals surface area contributed by atoms with Crippen molar-refractivity contribution < 1.29 is 4.74 Å². The van der Waals surface area contributed by atoms with Crippen LogP contribution in [0.2, 0.25) is 0 Å². The third-order valence-electron chi connectivity index (χ3n) is 4.24. The highest BCUT2D eigenvalue weighted by Gasteiger charge is 1.98. The number of hydrogen-bond acceptors (Lipinski definition) is 4. The van der Waals surface area contributed by atoms with Gasteiger partial charge in [-0.3, -0.25) is 10.4 Å². The van der Waals surface area contributed by atoms with E-state index < -0.39 is 0 Å². The number of amidine groups is 1. The summed E-state index contributed by atoms with van der Waals surface area (Å²) >= 11 is 0. The zero-order chi connectivity index (χ0) is 19.7. The predicted molar refractivity (Wildman–Crippen MR) is 113 cm³/mol. The van der Waals surface area contributed by atoms with Gasteiger partial charge in [0, 0.05) is 12.1 Å². The number of nitrogens with one attached hydrogen (secondary N) is 2. The van der Waals surface area contributed by atoms with Crippen LogP contribution in [0.1, 0.15) is 56.9 Å². The van der Waals surface area contributed by atoms with Crippen LogP contribution in [0.5, 0.6) is 5.75 Å². The normalized spacial score (nSPS) is 10.5. The van der Waals surface area contributed by atoms with Crippen LogP contribution in [0.15, 0.2) is 29.3 Å². The summed E-state index contributed by atoms with van der Waals surface area (Å²) in [4.78, 5) is 3.98. The maximum absolute atomic E-state index is 7.36. The number of aliphatic imine (C=N–C) groups is 1. The van der Waals surface area contributed by atoms with E-state index in [0.29, 0.717) is 6.61 Å². The molecule has 0 radical (unpaired) electrons. The van der Waals surface area contributed by atoms with E-state index in [2.05, 4.69) is 10.3 Å². The van der Waals surface area contributed by atoms with Gasteiger partial charge in [-0.25, -0.2) is 0 Å². The molecule has 0 bridgehead atoms. The van der Waals surface area contributed by atoms with Crippen molar-refractivity contribution >= 4 is 11.8 Å². The fourth-order valence-corrected chi connectivity index (χ4v) is 2.67. The van der Waals surface area contributed by atoms with Crippen LogP contribution in [0.25, 0.3) is 0 Å². The Bertz CT molecular complexity index is 540. The average molecular weight is 377 g/mol. The molecule has 0 saturated carbocycles. The van der Waals surface area contributed by atoms with Crippen LogP contribution in [0.3, 0.4) is 0 Å². The minimum Gasteiger partial charge on any atom is -0.494 e. The fourth-order valence-electron chi connectivity index (χ4n) is 2.67. The van der Waals surface area contributed by atoms with Gasteiger partial charge in [0.25, 0.3) is 0 Å². The topological polar surface area (TPSA) is 136 Å². The second kappa shape index (κ2) is 14.8. The van der Waals surface area contributed by atoms with E-state index in [1.807, 2.05) is 24.3 Å². The molecule has 0 aliphatic carbocycles. The Labute approximate surface area is 163 Å². The van der Waals surface area contributed by atoms with Gasteiger partial charge in [0.05, 0.1) is 6.61 Å². The minimum absolute atomic E-state index is 0.0791. The zero-order valence-electron chi connectivity index (χ0n) is 16.4. The molecule has 0 aliphatic rings. The maximum Gasteiger partial charge on any atom is 0.185 e. The number of guanidine groups is 1. The summed E-state index contributed by atoms with van der Waals surface area (Å²) in [6, 6.07) is 7.33. The lowest BCUT2D eigenvalue weighted by atomic mass is 10.1. The summed E-state index contributed by atoms with van der Waals surface area (Å²) in [6.45, 7) is 3.57. The first kappa shape index (κ1) is 22.8. The standard InChI is InChI=1S/C20H36N6O/c21-19(22)17-9-11-18(12-10-17)27-16-8-7-14-25-13-5-3-1-2-4-6-15-26-20(23)24/h9-12,25H,1-8,13-16H2,(H3,21,22)(H4,23,24,26). The number of benzene rings is 1. The van der Waals surface area contributed by atoms with Crippen molar-refractivity contribution in [2.45, 2.75) is 51.4 Å². The van der Waals surface area contributed by atoms with Crippen LogP contribution >= 0.6 is 0 Å². The Hall–Kier alpha value is -2.28. The number of rotatable bonds is 16. The fraction of sp³-hybridized carbons (Fsp3) is 0.600. The molecule has 1 aromatic carbocycles. The lowest BCUT2D eigenvalue weighted by molar-refractivity contribution is 0.305. The zero-order valence-corrected chi connectivity index (χ0v) is 16.4. The van der Waals surface area contributed by atoms with Gasteiger partial charge >= 0.3 is 0 Å². The van der Waals surface area contributed by atoms with Gasteiger partial charge in [-0.2, -0.15) is 0 Å². The van der Waals surface area contributed by atoms with Crippen molar-refractivity contribution in [3.63, 3.8) is 0 Å². The molecule has 7 heteroatoms. The number of hydrogen-bond donors (Lipinski definition) is 5. The third kappa shape index (κ3) is 12.7. The number of nitrogens with zero attached hydrogens (tertiary/aromatic N) is 1. The molecule has 0 spiro atoms. The van der Waals surface area contributed by atoms with Gasteiger partial charge in [0.1, 0.15) is 11.6 Å². The largest absolute Gasteiger partial charge is 0.494 e. The van der Waals surface area contributed by atoms with Crippen molar-refractivity contribution in [1.29, 1.82) is 5.41 Å². The van der Waals surface area contributed by atoms with E-state index in [1.165, 1.54) is 32.1 Å². The predicted octanol–water partition coefficient (Wildman–Crippen LogP) is 2.33. The molecule has 0 aliphatic heterocycles. The van der Waals surface area contributed by atoms with Gasteiger partial charge in [-0.15, -0.1) is 0 Å². The van der Waals surface area contributed by atoms with E-state index in [0.717, 1.165) is 50.2 Å². The molecule has 27 heavy (non-hydrogen) atoms. The second-order valence-corrected chi connectivity index (χ2v) is 6.67. The van der Waals surface area contributed by atoms with E-state index in [4.69, 9.17) is 27.3 Å². The molecule has 8 N–H and O–H groups in total. The van der Waals surface area contributed by atoms with Gasteiger partial charge in [-0.05, 0) is 63.0 Å². The van der Waals surface area contributed by atoms with Crippen molar-refractivity contribution in [2.75, 3.05) is 26.2 Å². The molecular weight excluding hydrogens is 340 g/mol. The summed E-state index contributed by atoms with van der Waals surface area (Å²) < 4.78 is 5.69. The Kier molecular flexibility index (Phi) is 12.5. The lowest BCUT2D eigenvalue weighted by Crippen LogP contribution is -2.22. The summed E-state index contributed by atoms with van der Waals surface area (Å²) in [5, 5.41) is 10.8. The smallest absolute Gasteiger partial charge is 0.185 e. The first-order valence-corrected chi connectivity index (χ1v) is 9.93. The molecule has 0 heterocycles. The highest BCUT2D eigenvalue weighted by atomic mass is 16.5. The number of unbranched alkanes of at least 4 members (excludes halogenated alkanes) is 6. The summed E-state index contributed by atoms with van der Waals surface area (Å²) in [5.74, 6) is 1.10. The number of ether oxygens (including phenoxy) is 1. The van der Waals surface area contributed by atoms with Crippen molar-refractivity contribution in [1.82, 2.24) is 5.32 Å². The number of nitrogen functional groups attached to an aromatic ring is 1. The molecule has 1 aromatic rings. The highest BCUT2D eigenvalue weighted by Crippen LogP contribution is 2.12. The molecule has 0 unspecified atom stereocenters. The van der Waals surface area contributed by atoms with E-state index in [9.17, 15) is 0 Å². The van der Waals surface area contributed by atoms with E-state index in [-0.39, 0.29) is 11.8 Å².